The van der Waals surface area contributed by atoms with Crippen LogP contribution in [0.25, 0.3) is 11.4 Å². The van der Waals surface area contributed by atoms with Crippen molar-refractivity contribution in [2.75, 3.05) is 19.5 Å². The summed E-state index contributed by atoms with van der Waals surface area (Å²) in [5.74, 6) is -0.291. The zero-order valence-corrected chi connectivity index (χ0v) is 11.7. The molecule has 2 aromatic rings. The van der Waals surface area contributed by atoms with E-state index >= 15 is 0 Å². The molecule has 2 heterocycles. The van der Waals surface area contributed by atoms with Gasteiger partial charge in [-0.25, -0.2) is 0 Å². The summed E-state index contributed by atoms with van der Waals surface area (Å²) in [5, 5.41) is 17.5. The summed E-state index contributed by atoms with van der Waals surface area (Å²) in [6, 6.07) is 3.70. The van der Waals surface area contributed by atoms with Crippen LogP contribution in [0.2, 0.25) is 0 Å². The van der Waals surface area contributed by atoms with Gasteiger partial charge in [-0.05, 0) is 12.1 Å². The van der Waals surface area contributed by atoms with E-state index in [-0.39, 0.29) is 5.75 Å². The fourth-order valence-electron chi connectivity index (χ4n) is 1.61. The molecule has 7 nitrogen and oxygen atoms in total. The van der Waals surface area contributed by atoms with Crippen LogP contribution in [0.1, 0.15) is 0 Å². The molecule has 0 spiro atoms. The summed E-state index contributed by atoms with van der Waals surface area (Å²) in [4.78, 5) is 14.7. The van der Waals surface area contributed by atoms with Crippen molar-refractivity contribution in [3.05, 3.63) is 24.5 Å². The van der Waals surface area contributed by atoms with Gasteiger partial charge < -0.3 is 9.84 Å². The average molecular weight is 294 g/mol. The highest BCUT2D eigenvalue weighted by atomic mass is 32.2. The Morgan fingerprint density at radius 1 is 1.50 bits per heavy atom. The fraction of sp³-hybridized carbons (Fsp3) is 0.333. The number of methoxy groups -OCH3 is 1. The first kappa shape index (κ1) is 14.5. The molecule has 0 amide bonds. The van der Waals surface area contributed by atoms with Crippen LogP contribution in [-0.2, 0) is 16.1 Å². The Bertz CT molecular complexity index is 573. The normalized spacial score (nSPS) is 10.7. The van der Waals surface area contributed by atoms with Gasteiger partial charge in [0.25, 0.3) is 0 Å². The highest BCUT2D eigenvalue weighted by molar-refractivity contribution is 7.99. The lowest BCUT2D eigenvalue weighted by Crippen LogP contribution is -2.08. The minimum atomic E-state index is -0.890. The van der Waals surface area contributed by atoms with Crippen molar-refractivity contribution in [3.8, 4) is 11.4 Å². The minimum absolute atomic E-state index is 0.0574. The molecule has 0 bridgehead atoms. The van der Waals surface area contributed by atoms with E-state index in [0.717, 1.165) is 17.3 Å². The van der Waals surface area contributed by atoms with Crippen LogP contribution in [0.5, 0.6) is 0 Å². The van der Waals surface area contributed by atoms with Gasteiger partial charge in [0, 0.05) is 25.1 Å². The molecule has 106 valence electrons. The van der Waals surface area contributed by atoms with E-state index in [2.05, 4.69) is 15.2 Å². The van der Waals surface area contributed by atoms with Crippen molar-refractivity contribution in [2.45, 2.75) is 11.7 Å². The van der Waals surface area contributed by atoms with Crippen molar-refractivity contribution in [1.29, 1.82) is 0 Å². The predicted molar refractivity (Wildman–Crippen MR) is 73.5 cm³/mol. The van der Waals surface area contributed by atoms with Gasteiger partial charge in [-0.3, -0.25) is 14.3 Å². The zero-order chi connectivity index (χ0) is 14.4. The SMILES string of the molecule is COCCn1c(SCC(=O)O)nnc1-c1cccnc1. The summed E-state index contributed by atoms with van der Waals surface area (Å²) >= 11 is 1.13. The maximum absolute atomic E-state index is 10.7. The lowest BCUT2D eigenvalue weighted by Gasteiger charge is -2.08. The maximum atomic E-state index is 10.7. The number of ether oxygens (including phenoxy) is 1. The summed E-state index contributed by atoms with van der Waals surface area (Å²) < 4.78 is 6.91. The molecule has 20 heavy (non-hydrogen) atoms. The van der Waals surface area contributed by atoms with Gasteiger partial charge >= 0.3 is 5.97 Å². The summed E-state index contributed by atoms with van der Waals surface area (Å²) in [5.41, 5.74) is 0.832. The first-order valence-electron chi connectivity index (χ1n) is 5.89. The van der Waals surface area contributed by atoms with Crippen LogP contribution in [0.3, 0.4) is 0 Å². The summed E-state index contributed by atoms with van der Waals surface area (Å²) in [6.45, 7) is 1.04. The monoisotopic (exact) mass is 294 g/mol. The van der Waals surface area contributed by atoms with Gasteiger partial charge in [0.05, 0.1) is 18.9 Å². The Balaban J connectivity index is 2.29. The van der Waals surface area contributed by atoms with E-state index in [9.17, 15) is 4.79 Å². The van der Waals surface area contributed by atoms with Gasteiger partial charge in [-0.15, -0.1) is 10.2 Å². The highest BCUT2D eigenvalue weighted by Crippen LogP contribution is 2.23. The largest absolute Gasteiger partial charge is 0.481 e. The Kier molecular flexibility index (Phi) is 5.08. The van der Waals surface area contributed by atoms with Crippen LogP contribution >= 0.6 is 11.8 Å². The topological polar surface area (TPSA) is 90.1 Å². The molecule has 0 atom stereocenters. The number of aromatic nitrogens is 4. The maximum Gasteiger partial charge on any atom is 0.313 e. The molecular weight excluding hydrogens is 280 g/mol. The minimum Gasteiger partial charge on any atom is -0.481 e. The number of nitrogens with zero attached hydrogens (tertiary/aromatic N) is 4. The van der Waals surface area contributed by atoms with Crippen LogP contribution in [0.4, 0.5) is 0 Å². The van der Waals surface area contributed by atoms with E-state index < -0.39 is 5.97 Å². The molecule has 0 unspecified atom stereocenters. The van der Waals surface area contributed by atoms with Gasteiger partial charge in [0.2, 0.25) is 0 Å². The smallest absolute Gasteiger partial charge is 0.313 e. The molecule has 0 radical (unpaired) electrons. The number of thioether (sulfide) groups is 1. The molecule has 0 aromatic carbocycles. The lowest BCUT2D eigenvalue weighted by atomic mass is 10.3. The van der Waals surface area contributed by atoms with E-state index in [1.807, 2.05) is 16.7 Å². The molecule has 0 aliphatic heterocycles. The van der Waals surface area contributed by atoms with Crippen LogP contribution in [0.15, 0.2) is 29.7 Å². The highest BCUT2D eigenvalue weighted by Gasteiger charge is 2.15. The number of carbonyl (C=O) groups is 1. The molecule has 2 rings (SSSR count). The van der Waals surface area contributed by atoms with E-state index in [1.54, 1.807) is 19.5 Å². The molecule has 0 saturated carbocycles. The fourth-order valence-corrected chi connectivity index (χ4v) is 2.30. The third-order valence-corrected chi connectivity index (χ3v) is 3.43. The van der Waals surface area contributed by atoms with Crippen LogP contribution in [0, 0.1) is 0 Å². The number of pyridine rings is 1. The number of hydrogen-bond acceptors (Lipinski definition) is 6. The van der Waals surface area contributed by atoms with Gasteiger partial charge in [-0.1, -0.05) is 11.8 Å². The number of rotatable bonds is 7. The third kappa shape index (κ3) is 3.55. The summed E-state index contributed by atoms with van der Waals surface area (Å²) in [6.07, 6.45) is 3.37. The zero-order valence-electron chi connectivity index (χ0n) is 10.9. The Labute approximate surface area is 120 Å². The molecular formula is C12H14N4O3S. The second kappa shape index (κ2) is 7.01. The van der Waals surface area contributed by atoms with Gasteiger partial charge in [0.1, 0.15) is 0 Å². The standard InChI is InChI=1S/C12H14N4O3S/c1-19-6-5-16-11(9-3-2-4-13-7-9)14-15-12(16)20-8-10(17)18/h2-4,7H,5-6,8H2,1H3,(H,17,18). The first-order valence-corrected chi connectivity index (χ1v) is 6.88. The van der Waals surface area contributed by atoms with Crippen molar-refractivity contribution >= 4 is 17.7 Å². The van der Waals surface area contributed by atoms with Crippen LogP contribution in [-0.4, -0.2) is 50.3 Å². The third-order valence-electron chi connectivity index (χ3n) is 2.48. The predicted octanol–water partition coefficient (Wildman–Crippen LogP) is 1.16. The Morgan fingerprint density at radius 2 is 2.35 bits per heavy atom. The number of carboxylic acid groups (broad SMARTS) is 1. The molecule has 0 aliphatic rings. The molecule has 1 N–H and O–H groups in total. The first-order chi connectivity index (χ1) is 9.72. The van der Waals surface area contributed by atoms with Crippen LogP contribution < -0.4 is 0 Å². The average Bonchev–Trinajstić information content (AvgIpc) is 2.86. The molecule has 2 aromatic heterocycles. The van der Waals surface area contributed by atoms with E-state index in [4.69, 9.17) is 9.84 Å². The molecule has 8 heteroatoms. The molecule has 0 saturated heterocycles. The van der Waals surface area contributed by atoms with Gasteiger partial charge in [-0.2, -0.15) is 0 Å². The Morgan fingerprint density at radius 3 is 3.00 bits per heavy atom. The quantitative estimate of drug-likeness (QED) is 0.766. The Hall–Kier alpha value is -1.93. The van der Waals surface area contributed by atoms with E-state index in [1.165, 1.54) is 0 Å². The van der Waals surface area contributed by atoms with Gasteiger partial charge in [0.15, 0.2) is 11.0 Å². The number of aliphatic carboxylic acids is 1. The molecule has 0 aliphatic carbocycles. The molecule has 0 fully saturated rings. The number of carboxylic acids is 1. The number of hydrogen-bond donors (Lipinski definition) is 1. The second-order valence-corrected chi connectivity index (χ2v) is 4.82. The van der Waals surface area contributed by atoms with Crippen molar-refractivity contribution in [1.82, 2.24) is 19.7 Å². The van der Waals surface area contributed by atoms with Crippen molar-refractivity contribution in [2.24, 2.45) is 0 Å². The van der Waals surface area contributed by atoms with Crippen molar-refractivity contribution < 1.29 is 14.6 Å². The van der Waals surface area contributed by atoms with E-state index in [0.29, 0.717) is 24.1 Å². The second-order valence-electron chi connectivity index (χ2n) is 3.87. The van der Waals surface area contributed by atoms with Crippen molar-refractivity contribution in [3.63, 3.8) is 0 Å². The lowest BCUT2D eigenvalue weighted by molar-refractivity contribution is -0.133. The summed E-state index contributed by atoms with van der Waals surface area (Å²) in [7, 11) is 1.61.